The van der Waals surface area contributed by atoms with Gasteiger partial charge in [-0.2, -0.15) is 5.10 Å². The molecular formula is C27H36N5O3S+. The molecule has 0 aliphatic rings. The van der Waals surface area contributed by atoms with Crippen molar-refractivity contribution in [3.8, 4) is 11.1 Å². The summed E-state index contributed by atoms with van der Waals surface area (Å²) in [4.78, 5) is 6.60. The molecule has 192 valence electrons. The van der Waals surface area contributed by atoms with Gasteiger partial charge in [-0.1, -0.05) is 32.6 Å². The number of hydrogen-bond acceptors (Lipinski definition) is 7. The van der Waals surface area contributed by atoms with Crippen LogP contribution >= 0.6 is 0 Å². The number of aromatic nitrogens is 3. The fourth-order valence-corrected chi connectivity index (χ4v) is 3.49. The Hall–Kier alpha value is -3.56. The van der Waals surface area contributed by atoms with Gasteiger partial charge >= 0.3 is 11.7 Å². The summed E-state index contributed by atoms with van der Waals surface area (Å²) in [5.74, 6) is 1.00. The molecule has 0 aromatic carbocycles. The van der Waals surface area contributed by atoms with E-state index in [4.69, 9.17) is 9.47 Å². The number of ether oxygens (including phenoxy) is 2. The van der Waals surface area contributed by atoms with Crippen LogP contribution in [0.5, 0.6) is 0 Å². The van der Waals surface area contributed by atoms with Crippen molar-refractivity contribution in [3.05, 3.63) is 91.6 Å². The Bertz CT molecular complexity index is 1100. The lowest BCUT2D eigenvalue weighted by atomic mass is 10.2. The highest BCUT2D eigenvalue weighted by molar-refractivity contribution is 7.65. The molecule has 2 heterocycles. The van der Waals surface area contributed by atoms with Gasteiger partial charge in [0.25, 0.3) is 0 Å². The number of rotatable bonds is 14. The van der Waals surface area contributed by atoms with Gasteiger partial charge in [0.1, 0.15) is 5.76 Å². The molecule has 36 heavy (non-hydrogen) atoms. The summed E-state index contributed by atoms with van der Waals surface area (Å²) in [6.45, 7) is 10.2. The topological polar surface area (TPSA) is 81.5 Å². The van der Waals surface area contributed by atoms with E-state index in [9.17, 15) is 4.21 Å². The predicted octanol–water partition coefficient (Wildman–Crippen LogP) is 4.51. The van der Waals surface area contributed by atoms with E-state index in [1.54, 1.807) is 43.8 Å². The summed E-state index contributed by atoms with van der Waals surface area (Å²) in [6, 6.07) is 10.3. The second-order valence-electron chi connectivity index (χ2n) is 8.04. The maximum atomic E-state index is 10.7. The minimum Gasteiger partial charge on any atom is -0.504 e. The highest BCUT2D eigenvalue weighted by atomic mass is 32.1. The fourth-order valence-electron chi connectivity index (χ4n) is 3.23. The van der Waals surface area contributed by atoms with Crippen LogP contribution < -0.4 is 10.2 Å². The number of allylic oxidation sites excluding steroid dienone is 2. The van der Waals surface area contributed by atoms with Gasteiger partial charge in [0.15, 0.2) is 0 Å². The third kappa shape index (κ3) is 9.97. The van der Waals surface area contributed by atoms with E-state index in [-0.39, 0.29) is 0 Å². The molecule has 0 aliphatic carbocycles. The van der Waals surface area contributed by atoms with Crippen LogP contribution in [0.4, 0.5) is 5.69 Å². The summed E-state index contributed by atoms with van der Waals surface area (Å²) in [6.07, 6.45) is 12.6. The second kappa shape index (κ2) is 16.2. The first-order chi connectivity index (χ1) is 17.5. The molecule has 0 amide bonds. The van der Waals surface area contributed by atoms with Gasteiger partial charge < -0.3 is 19.7 Å². The Labute approximate surface area is 218 Å². The molecule has 0 spiro atoms. The monoisotopic (exact) mass is 510 g/mol. The minimum atomic E-state index is 0.365. The zero-order chi connectivity index (χ0) is 26.2. The van der Waals surface area contributed by atoms with Gasteiger partial charge in [-0.25, -0.2) is 0 Å². The van der Waals surface area contributed by atoms with Crippen LogP contribution in [0.25, 0.3) is 11.1 Å². The highest BCUT2D eigenvalue weighted by Crippen LogP contribution is 2.21. The van der Waals surface area contributed by atoms with E-state index in [0.717, 1.165) is 29.1 Å². The van der Waals surface area contributed by atoms with Crippen molar-refractivity contribution in [2.24, 2.45) is 0 Å². The fraction of sp³-hybridized carbons (Fsp3) is 0.333. The molecule has 2 aromatic heterocycles. The molecule has 0 unspecified atom stereocenters. The van der Waals surface area contributed by atoms with E-state index in [1.165, 1.54) is 0 Å². The van der Waals surface area contributed by atoms with Crippen molar-refractivity contribution in [2.75, 3.05) is 38.0 Å². The molecule has 0 aliphatic heterocycles. The quantitative estimate of drug-likeness (QED) is 0.228. The Morgan fingerprint density at radius 3 is 2.75 bits per heavy atom. The first-order valence-corrected chi connectivity index (χ1v) is 12.6. The van der Waals surface area contributed by atoms with Gasteiger partial charge in [0.2, 0.25) is 5.75 Å². The van der Waals surface area contributed by atoms with Crippen molar-refractivity contribution >= 4 is 17.4 Å². The van der Waals surface area contributed by atoms with E-state index in [1.807, 2.05) is 48.7 Å². The van der Waals surface area contributed by atoms with Gasteiger partial charge in [-0.3, -0.25) is 9.67 Å². The average Bonchev–Trinajstić information content (AvgIpc) is 3.34. The number of nitrogens with zero attached hydrogens (tertiary/aromatic N) is 4. The zero-order valence-corrected chi connectivity index (χ0v) is 22.3. The van der Waals surface area contributed by atoms with Crippen LogP contribution in [0.1, 0.15) is 13.8 Å². The maximum absolute atomic E-state index is 10.7. The van der Waals surface area contributed by atoms with Crippen LogP contribution in [0.15, 0.2) is 91.6 Å². The van der Waals surface area contributed by atoms with Gasteiger partial charge in [-0.05, 0) is 24.3 Å². The van der Waals surface area contributed by atoms with Crippen LogP contribution in [0.3, 0.4) is 0 Å². The Morgan fingerprint density at radius 2 is 2.03 bits per heavy atom. The highest BCUT2D eigenvalue weighted by Gasteiger charge is 2.11. The zero-order valence-electron chi connectivity index (χ0n) is 21.5. The molecule has 0 fully saturated rings. The van der Waals surface area contributed by atoms with Crippen molar-refractivity contribution in [1.29, 1.82) is 0 Å². The largest absolute Gasteiger partial charge is 0.504 e. The molecule has 9 heteroatoms. The van der Waals surface area contributed by atoms with Crippen molar-refractivity contribution in [2.45, 2.75) is 26.4 Å². The average molecular weight is 511 g/mol. The molecule has 2 rings (SSSR count). The van der Waals surface area contributed by atoms with E-state index < -0.39 is 0 Å². The SMILES string of the molecule is C=C(/C=C(\C=C\OC)N(CCNC(C)C)c1cccncc(-c2cnn(CC[S+]=O)c2)ccc1)OC. The van der Waals surface area contributed by atoms with Crippen LogP contribution in [-0.4, -0.2) is 53.9 Å². The van der Waals surface area contributed by atoms with Crippen molar-refractivity contribution in [3.63, 3.8) is 0 Å². The second-order valence-corrected chi connectivity index (χ2v) is 8.69. The Morgan fingerprint density at radius 1 is 1.22 bits per heavy atom. The summed E-state index contributed by atoms with van der Waals surface area (Å²) >= 11 is 0.556. The number of anilines is 1. The molecule has 2 aromatic rings. The van der Waals surface area contributed by atoms with Crippen molar-refractivity contribution < 1.29 is 13.7 Å². The van der Waals surface area contributed by atoms with E-state index >= 15 is 0 Å². The van der Waals surface area contributed by atoms with Crippen LogP contribution in [-0.2, 0) is 31.9 Å². The minimum absolute atomic E-state index is 0.365. The molecule has 8 nitrogen and oxygen atoms in total. The lowest BCUT2D eigenvalue weighted by Crippen LogP contribution is -2.34. The Kier molecular flexibility index (Phi) is 12.9. The van der Waals surface area contributed by atoms with E-state index in [0.29, 0.717) is 42.3 Å². The summed E-state index contributed by atoms with van der Waals surface area (Å²) in [5, 5.41) is 7.83. The molecule has 0 saturated carbocycles. The molecular weight excluding hydrogens is 474 g/mol. The van der Waals surface area contributed by atoms with Gasteiger partial charge in [-0.15, -0.1) is 0 Å². The molecule has 1 N–H and O–H groups in total. The number of hydrogen-bond donors (Lipinski definition) is 1. The lowest BCUT2D eigenvalue weighted by molar-refractivity contribution is 0.308. The molecule has 0 bridgehead atoms. The molecule has 0 saturated heterocycles. The predicted molar refractivity (Wildman–Crippen MR) is 147 cm³/mol. The van der Waals surface area contributed by atoms with E-state index in [2.05, 4.69) is 40.7 Å². The van der Waals surface area contributed by atoms with Crippen molar-refractivity contribution in [1.82, 2.24) is 20.1 Å². The first-order valence-electron chi connectivity index (χ1n) is 11.7. The van der Waals surface area contributed by atoms with Crippen LogP contribution in [0.2, 0.25) is 0 Å². The first kappa shape index (κ1) is 28.7. The number of methoxy groups -OCH3 is 2. The normalized spacial score (nSPS) is 11.3. The Balaban J connectivity index is 2.51. The third-order valence-corrected chi connectivity index (χ3v) is 5.37. The standard InChI is InChI=1S/C27H36N5O3S/c1-22(2)29-13-14-32(27(11-16-34-4)18-23(3)35-5)26-9-6-8-24(19-28-12-7-10-26)25-20-30-31(21-25)15-17-36-33/h6-12,16,18-22,29H,3,13-15,17H2,1-2,4-5H3/q+1/b8-6?,9-6?,10-7?,12-7?,16-11+,24-8?,24-19?,26-9?,26-10?,27-18+,28-12?,28-19?. The molecule has 0 radical (unpaired) electrons. The smallest absolute Gasteiger partial charge is 0.460 e. The summed E-state index contributed by atoms with van der Waals surface area (Å²) in [7, 11) is 3.21. The number of nitrogens with one attached hydrogen (secondary N) is 1. The molecule has 0 atom stereocenters. The van der Waals surface area contributed by atoms with Gasteiger partial charge in [0.05, 0.1) is 33.2 Å². The van der Waals surface area contributed by atoms with Crippen LogP contribution in [0, 0.1) is 0 Å². The van der Waals surface area contributed by atoms with Gasteiger partial charge in [0, 0.05) is 70.5 Å². The number of aryl methyl sites for hydroxylation is 1. The lowest BCUT2D eigenvalue weighted by Gasteiger charge is -2.26. The third-order valence-electron chi connectivity index (χ3n) is 5.02. The maximum Gasteiger partial charge on any atom is 0.460 e. The summed E-state index contributed by atoms with van der Waals surface area (Å²) < 4.78 is 23.0. The summed E-state index contributed by atoms with van der Waals surface area (Å²) in [5.41, 5.74) is 3.65.